The van der Waals surface area contributed by atoms with Crippen molar-refractivity contribution >= 4 is 0 Å². The topological polar surface area (TPSA) is 29.9 Å². The Morgan fingerprint density at radius 2 is 2.06 bits per heavy atom. The standard InChI is InChI=1S/C13H25N3/c1-6-7-10(2)14-9-13(5)16-12(4)8-11(3)15-16/h8,10,13-14H,6-7,9H2,1-5H3. The van der Waals surface area contributed by atoms with E-state index in [2.05, 4.69) is 48.9 Å². The summed E-state index contributed by atoms with van der Waals surface area (Å²) < 4.78 is 2.11. The summed E-state index contributed by atoms with van der Waals surface area (Å²) in [4.78, 5) is 0. The Hall–Kier alpha value is -0.830. The molecule has 2 unspecified atom stereocenters. The van der Waals surface area contributed by atoms with Crippen molar-refractivity contribution in [3.8, 4) is 0 Å². The summed E-state index contributed by atoms with van der Waals surface area (Å²) >= 11 is 0. The van der Waals surface area contributed by atoms with Crippen LogP contribution in [0.25, 0.3) is 0 Å². The van der Waals surface area contributed by atoms with Crippen LogP contribution in [0.3, 0.4) is 0 Å². The van der Waals surface area contributed by atoms with Gasteiger partial charge in [0.2, 0.25) is 0 Å². The lowest BCUT2D eigenvalue weighted by atomic mass is 10.2. The van der Waals surface area contributed by atoms with Crippen LogP contribution in [0.4, 0.5) is 0 Å². The van der Waals surface area contributed by atoms with Gasteiger partial charge >= 0.3 is 0 Å². The van der Waals surface area contributed by atoms with Gasteiger partial charge in [-0.1, -0.05) is 13.3 Å². The van der Waals surface area contributed by atoms with Crippen LogP contribution in [0, 0.1) is 13.8 Å². The van der Waals surface area contributed by atoms with Gasteiger partial charge in [0.05, 0.1) is 11.7 Å². The molecule has 1 rings (SSSR count). The Morgan fingerprint density at radius 3 is 2.56 bits per heavy atom. The lowest BCUT2D eigenvalue weighted by Crippen LogP contribution is -2.31. The molecule has 1 N–H and O–H groups in total. The Balaban J connectivity index is 2.46. The second-order valence-corrected chi connectivity index (χ2v) is 4.82. The Kier molecular flexibility index (Phi) is 5.00. The van der Waals surface area contributed by atoms with Crippen molar-refractivity contribution in [3.63, 3.8) is 0 Å². The highest BCUT2D eigenvalue weighted by molar-refractivity contribution is 5.07. The Morgan fingerprint density at radius 1 is 1.38 bits per heavy atom. The van der Waals surface area contributed by atoms with Crippen LogP contribution >= 0.6 is 0 Å². The molecule has 0 bridgehead atoms. The number of nitrogens with one attached hydrogen (secondary N) is 1. The molecule has 0 aliphatic carbocycles. The minimum absolute atomic E-state index is 0.424. The molecule has 92 valence electrons. The Bertz CT molecular complexity index is 317. The van der Waals surface area contributed by atoms with Crippen molar-refractivity contribution in [3.05, 3.63) is 17.5 Å². The average molecular weight is 223 g/mol. The summed E-state index contributed by atoms with van der Waals surface area (Å²) in [5.41, 5.74) is 2.35. The first-order valence-electron chi connectivity index (χ1n) is 6.30. The third kappa shape index (κ3) is 3.63. The number of hydrogen-bond donors (Lipinski definition) is 1. The largest absolute Gasteiger partial charge is 0.312 e. The summed E-state index contributed by atoms with van der Waals surface area (Å²) in [6, 6.07) is 3.16. The maximum absolute atomic E-state index is 4.51. The molecule has 0 aliphatic rings. The highest BCUT2D eigenvalue weighted by Gasteiger charge is 2.10. The lowest BCUT2D eigenvalue weighted by molar-refractivity contribution is 0.406. The van der Waals surface area contributed by atoms with Gasteiger partial charge in [-0.2, -0.15) is 5.10 Å². The van der Waals surface area contributed by atoms with Crippen LogP contribution in [-0.2, 0) is 0 Å². The van der Waals surface area contributed by atoms with Gasteiger partial charge < -0.3 is 5.32 Å². The molecule has 3 heteroatoms. The van der Waals surface area contributed by atoms with Gasteiger partial charge in [0.1, 0.15) is 0 Å². The Labute approximate surface area is 99.2 Å². The van der Waals surface area contributed by atoms with E-state index in [9.17, 15) is 0 Å². The molecule has 1 heterocycles. The van der Waals surface area contributed by atoms with E-state index < -0.39 is 0 Å². The number of aryl methyl sites for hydroxylation is 2. The van der Waals surface area contributed by atoms with Gasteiger partial charge in [0.15, 0.2) is 0 Å². The van der Waals surface area contributed by atoms with Gasteiger partial charge in [0, 0.05) is 18.3 Å². The first kappa shape index (κ1) is 13.2. The summed E-state index contributed by atoms with van der Waals surface area (Å²) in [6.07, 6.45) is 2.48. The third-order valence-corrected chi connectivity index (χ3v) is 2.95. The van der Waals surface area contributed by atoms with E-state index in [4.69, 9.17) is 0 Å². The smallest absolute Gasteiger partial charge is 0.0618 e. The SMILES string of the molecule is CCCC(C)NCC(C)n1nc(C)cc1C. The van der Waals surface area contributed by atoms with Gasteiger partial charge in [-0.3, -0.25) is 4.68 Å². The van der Waals surface area contributed by atoms with Crippen LogP contribution in [0.5, 0.6) is 0 Å². The molecular weight excluding hydrogens is 198 g/mol. The second-order valence-electron chi connectivity index (χ2n) is 4.82. The highest BCUT2D eigenvalue weighted by atomic mass is 15.3. The van der Waals surface area contributed by atoms with Crippen LogP contribution in [0.15, 0.2) is 6.07 Å². The fourth-order valence-electron chi connectivity index (χ4n) is 2.09. The fourth-order valence-corrected chi connectivity index (χ4v) is 2.09. The van der Waals surface area contributed by atoms with E-state index in [1.165, 1.54) is 18.5 Å². The van der Waals surface area contributed by atoms with Crippen LogP contribution in [-0.4, -0.2) is 22.4 Å². The minimum Gasteiger partial charge on any atom is -0.312 e. The molecule has 2 atom stereocenters. The van der Waals surface area contributed by atoms with Gasteiger partial charge in [-0.15, -0.1) is 0 Å². The van der Waals surface area contributed by atoms with E-state index in [1.807, 2.05) is 6.92 Å². The van der Waals surface area contributed by atoms with Crippen LogP contribution in [0.2, 0.25) is 0 Å². The van der Waals surface area contributed by atoms with Crippen LogP contribution < -0.4 is 5.32 Å². The molecule has 16 heavy (non-hydrogen) atoms. The van der Waals surface area contributed by atoms with E-state index in [1.54, 1.807) is 0 Å². The number of aromatic nitrogens is 2. The maximum atomic E-state index is 4.51. The third-order valence-electron chi connectivity index (χ3n) is 2.95. The molecule has 0 radical (unpaired) electrons. The molecular formula is C13H25N3. The molecule has 0 aliphatic heterocycles. The van der Waals surface area contributed by atoms with E-state index >= 15 is 0 Å². The molecule has 1 aromatic rings. The van der Waals surface area contributed by atoms with Gasteiger partial charge in [-0.25, -0.2) is 0 Å². The normalized spacial score (nSPS) is 15.1. The molecule has 0 saturated carbocycles. The number of hydrogen-bond acceptors (Lipinski definition) is 2. The molecule has 1 aromatic heterocycles. The molecule has 0 amide bonds. The van der Waals surface area contributed by atoms with Crippen molar-refractivity contribution in [2.45, 2.75) is 59.5 Å². The zero-order valence-corrected chi connectivity index (χ0v) is 11.2. The molecule has 0 spiro atoms. The average Bonchev–Trinajstić information content (AvgIpc) is 2.55. The molecule has 3 nitrogen and oxygen atoms in total. The predicted octanol–water partition coefficient (Wildman–Crippen LogP) is 2.84. The van der Waals surface area contributed by atoms with Crippen LogP contribution in [0.1, 0.15) is 51.0 Å². The summed E-state index contributed by atoms with van der Waals surface area (Å²) in [5, 5.41) is 8.07. The van der Waals surface area contributed by atoms with Crippen molar-refractivity contribution < 1.29 is 0 Å². The first-order chi connectivity index (χ1) is 7.54. The fraction of sp³-hybridized carbons (Fsp3) is 0.769. The molecule has 0 fully saturated rings. The van der Waals surface area contributed by atoms with E-state index in [-0.39, 0.29) is 0 Å². The predicted molar refractivity (Wildman–Crippen MR) is 68.8 cm³/mol. The maximum Gasteiger partial charge on any atom is 0.0618 e. The summed E-state index contributed by atoms with van der Waals surface area (Å²) in [7, 11) is 0. The number of rotatable bonds is 6. The molecule has 0 aromatic carbocycles. The van der Waals surface area contributed by atoms with E-state index in [0.717, 1.165) is 12.2 Å². The zero-order valence-electron chi connectivity index (χ0n) is 11.2. The van der Waals surface area contributed by atoms with Gasteiger partial charge in [0.25, 0.3) is 0 Å². The van der Waals surface area contributed by atoms with Gasteiger partial charge in [-0.05, 0) is 40.2 Å². The monoisotopic (exact) mass is 223 g/mol. The lowest BCUT2D eigenvalue weighted by Gasteiger charge is -2.18. The van der Waals surface area contributed by atoms with E-state index in [0.29, 0.717) is 12.1 Å². The summed E-state index contributed by atoms with van der Waals surface area (Å²) in [5.74, 6) is 0. The van der Waals surface area contributed by atoms with Crippen molar-refractivity contribution in [1.82, 2.24) is 15.1 Å². The summed E-state index contributed by atoms with van der Waals surface area (Å²) in [6.45, 7) is 11.8. The van der Waals surface area contributed by atoms with Crippen molar-refractivity contribution in [2.24, 2.45) is 0 Å². The minimum atomic E-state index is 0.424. The first-order valence-corrected chi connectivity index (χ1v) is 6.30. The second kappa shape index (κ2) is 6.04. The zero-order chi connectivity index (χ0) is 12.1. The van der Waals surface area contributed by atoms with Crippen molar-refractivity contribution in [2.75, 3.05) is 6.54 Å². The number of nitrogens with zero attached hydrogens (tertiary/aromatic N) is 2. The van der Waals surface area contributed by atoms with Crippen molar-refractivity contribution in [1.29, 1.82) is 0 Å². The molecule has 0 saturated heterocycles. The highest BCUT2D eigenvalue weighted by Crippen LogP contribution is 2.10. The quantitative estimate of drug-likeness (QED) is 0.803.